The lowest BCUT2D eigenvalue weighted by Crippen LogP contribution is -2.40. The number of likely N-dealkylation sites (tertiary alicyclic amines) is 1. The zero-order valence-electron chi connectivity index (χ0n) is 18.4. The smallest absolute Gasteiger partial charge is 0.409 e. The number of carbonyl (C=O) groups is 2. The first-order chi connectivity index (χ1) is 15.3. The first-order valence-electron chi connectivity index (χ1n) is 10.6. The number of halogens is 1. The molecule has 1 fully saturated rings. The normalized spacial score (nSPS) is 18.6. The summed E-state index contributed by atoms with van der Waals surface area (Å²) in [6.45, 7) is 2.87. The van der Waals surface area contributed by atoms with Crippen molar-refractivity contribution >= 4 is 17.8 Å². The quantitative estimate of drug-likeness (QED) is 0.590. The summed E-state index contributed by atoms with van der Waals surface area (Å²) in [5.74, 6) is 5.01. The lowest BCUT2D eigenvalue weighted by molar-refractivity contribution is 0.0807. The highest BCUT2D eigenvalue weighted by atomic mass is 19.1. The van der Waals surface area contributed by atoms with Gasteiger partial charge in [-0.05, 0) is 45.0 Å². The van der Waals surface area contributed by atoms with Gasteiger partial charge in [-0.1, -0.05) is 11.8 Å². The van der Waals surface area contributed by atoms with Crippen LogP contribution in [0.1, 0.15) is 23.2 Å². The van der Waals surface area contributed by atoms with E-state index in [-0.39, 0.29) is 11.7 Å². The van der Waals surface area contributed by atoms with E-state index in [1.165, 1.54) is 12.2 Å². The fraction of sp³-hybridized carbons (Fsp3) is 0.500. The molecular formula is C22H29FN6O3. The maximum absolute atomic E-state index is 13.3. The van der Waals surface area contributed by atoms with Crippen molar-refractivity contribution in [1.29, 1.82) is 0 Å². The Kier molecular flexibility index (Phi) is 7.89. The summed E-state index contributed by atoms with van der Waals surface area (Å²) < 4.78 is 20.3. The molecule has 2 heterocycles. The zero-order chi connectivity index (χ0) is 23.1. The van der Waals surface area contributed by atoms with Crippen molar-refractivity contribution in [2.75, 3.05) is 45.7 Å². The average molecular weight is 445 g/mol. The maximum Gasteiger partial charge on any atom is 0.409 e. The highest BCUT2D eigenvalue weighted by Gasteiger charge is 2.25. The van der Waals surface area contributed by atoms with Crippen LogP contribution in [0.5, 0.6) is 0 Å². The first-order valence-corrected chi connectivity index (χ1v) is 10.6. The summed E-state index contributed by atoms with van der Waals surface area (Å²) in [7, 11) is 3.85. The number of hydrogen-bond donors (Lipinski definition) is 2. The maximum atomic E-state index is 13.3. The molecule has 0 spiro atoms. The number of amides is 2. The van der Waals surface area contributed by atoms with Gasteiger partial charge in [0.2, 0.25) is 0 Å². The van der Waals surface area contributed by atoms with Crippen LogP contribution in [-0.4, -0.2) is 78.0 Å². The van der Waals surface area contributed by atoms with E-state index in [9.17, 15) is 14.0 Å². The van der Waals surface area contributed by atoms with E-state index in [0.717, 1.165) is 12.8 Å². The summed E-state index contributed by atoms with van der Waals surface area (Å²) in [5.41, 5.74) is 5.76. The number of primary amides is 1. The van der Waals surface area contributed by atoms with Crippen molar-refractivity contribution in [2.45, 2.75) is 25.4 Å². The van der Waals surface area contributed by atoms with Gasteiger partial charge in [0.15, 0.2) is 5.82 Å². The summed E-state index contributed by atoms with van der Waals surface area (Å²) in [6, 6.07) is -0.498. The number of likely N-dealkylation sites (N-methyl/N-ethyl adjacent to an activating group) is 1. The Labute approximate surface area is 187 Å². The van der Waals surface area contributed by atoms with Crippen LogP contribution in [-0.2, 0) is 11.3 Å². The van der Waals surface area contributed by atoms with Gasteiger partial charge in [0, 0.05) is 38.5 Å². The van der Waals surface area contributed by atoms with Crippen molar-refractivity contribution in [3.8, 4) is 11.8 Å². The fourth-order valence-corrected chi connectivity index (χ4v) is 3.49. The lowest BCUT2D eigenvalue weighted by atomic mass is 9.97. The fourth-order valence-electron chi connectivity index (χ4n) is 3.49. The lowest BCUT2D eigenvalue weighted by Gasteiger charge is -2.31. The number of allylic oxidation sites excluding steroid dienone is 3. The van der Waals surface area contributed by atoms with Crippen LogP contribution in [0.4, 0.5) is 15.0 Å². The van der Waals surface area contributed by atoms with Crippen LogP contribution < -0.4 is 11.1 Å². The molecule has 3 N–H and O–H groups in total. The molecule has 1 aliphatic heterocycles. The average Bonchev–Trinajstić information content (AvgIpc) is 3.02. The molecule has 1 atom stereocenters. The summed E-state index contributed by atoms with van der Waals surface area (Å²) in [4.78, 5) is 27.7. The number of aromatic nitrogens is 2. The second kappa shape index (κ2) is 10.8. The monoisotopic (exact) mass is 444 g/mol. The molecule has 1 aromatic heterocycles. The Morgan fingerprint density at radius 1 is 1.38 bits per heavy atom. The largest absolute Gasteiger partial charge is 0.448 e. The second-order valence-corrected chi connectivity index (χ2v) is 8.12. The van der Waals surface area contributed by atoms with Gasteiger partial charge in [-0.25, -0.2) is 9.18 Å². The predicted molar refractivity (Wildman–Crippen MR) is 118 cm³/mol. The number of ether oxygens (including phenoxy) is 1. The summed E-state index contributed by atoms with van der Waals surface area (Å²) in [5, 5.41) is 7.50. The molecule has 0 saturated carbocycles. The van der Waals surface area contributed by atoms with Crippen molar-refractivity contribution < 1.29 is 18.7 Å². The highest BCUT2D eigenvalue weighted by molar-refractivity contribution is 5.97. The van der Waals surface area contributed by atoms with Gasteiger partial charge in [-0.3, -0.25) is 9.48 Å². The van der Waals surface area contributed by atoms with E-state index in [2.05, 4.69) is 22.3 Å². The van der Waals surface area contributed by atoms with E-state index >= 15 is 0 Å². The standard InChI is InChI=1S/C22H29FN6O3/c1-27(2)12-13-32-22(31)28-10-8-16(9-11-28)14-29-15-19(20(24)30)21(26-29)25-18-5-3-4-17(23)6-7-18/h4,6-7,15-16,18H,8-14H2,1-2H3,(H2,24,30)(H,25,26). The van der Waals surface area contributed by atoms with Crippen LogP contribution >= 0.6 is 0 Å². The Hall–Kier alpha value is -3.32. The van der Waals surface area contributed by atoms with Crippen LogP contribution in [0.25, 0.3) is 0 Å². The number of rotatable bonds is 8. The van der Waals surface area contributed by atoms with Gasteiger partial charge in [0.25, 0.3) is 5.91 Å². The Bertz CT molecular complexity index is 951. The molecular weight excluding hydrogens is 415 g/mol. The third-order valence-corrected chi connectivity index (χ3v) is 5.30. The Morgan fingerprint density at radius 2 is 2.12 bits per heavy atom. The van der Waals surface area contributed by atoms with Crippen molar-refractivity contribution in [1.82, 2.24) is 19.6 Å². The molecule has 0 aromatic carbocycles. The first kappa shape index (κ1) is 23.3. The third kappa shape index (κ3) is 6.59. The van der Waals surface area contributed by atoms with Crippen molar-refractivity contribution in [3.05, 3.63) is 35.8 Å². The molecule has 2 amide bonds. The van der Waals surface area contributed by atoms with Gasteiger partial charge in [-0.15, -0.1) is 0 Å². The van der Waals surface area contributed by atoms with Gasteiger partial charge in [0.1, 0.15) is 24.0 Å². The summed E-state index contributed by atoms with van der Waals surface area (Å²) in [6.07, 6.45) is 6.97. The van der Waals surface area contributed by atoms with Gasteiger partial charge in [-0.2, -0.15) is 5.10 Å². The van der Waals surface area contributed by atoms with E-state index in [0.29, 0.717) is 44.5 Å². The molecule has 9 nitrogen and oxygen atoms in total. The van der Waals surface area contributed by atoms with E-state index in [4.69, 9.17) is 10.5 Å². The van der Waals surface area contributed by atoms with E-state index in [1.54, 1.807) is 21.9 Å². The highest BCUT2D eigenvalue weighted by Crippen LogP contribution is 2.22. The molecule has 0 bridgehead atoms. The minimum Gasteiger partial charge on any atom is -0.448 e. The molecule has 1 unspecified atom stereocenters. The molecule has 172 valence electrons. The molecule has 3 rings (SSSR count). The van der Waals surface area contributed by atoms with Crippen LogP contribution in [0.15, 0.2) is 30.3 Å². The molecule has 1 aliphatic carbocycles. The van der Waals surface area contributed by atoms with Gasteiger partial charge in [0.05, 0.1) is 0 Å². The Balaban J connectivity index is 1.55. The van der Waals surface area contributed by atoms with Crippen LogP contribution in [0, 0.1) is 17.8 Å². The number of anilines is 1. The third-order valence-electron chi connectivity index (χ3n) is 5.30. The van der Waals surface area contributed by atoms with Crippen LogP contribution in [0.3, 0.4) is 0 Å². The van der Waals surface area contributed by atoms with E-state index in [1.807, 2.05) is 19.0 Å². The number of nitrogens with two attached hydrogens (primary N) is 1. The second-order valence-electron chi connectivity index (χ2n) is 8.12. The van der Waals surface area contributed by atoms with Crippen molar-refractivity contribution in [3.63, 3.8) is 0 Å². The molecule has 2 aliphatic rings. The number of nitrogens with one attached hydrogen (secondary N) is 1. The molecule has 10 heteroatoms. The van der Waals surface area contributed by atoms with E-state index < -0.39 is 17.8 Å². The van der Waals surface area contributed by atoms with Crippen molar-refractivity contribution in [2.24, 2.45) is 11.7 Å². The van der Waals surface area contributed by atoms with Crippen LogP contribution in [0.2, 0.25) is 0 Å². The molecule has 0 radical (unpaired) electrons. The number of carbonyl (C=O) groups excluding carboxylic acids is 2. The van der Waals surface area contributed by atoms with Gasteiger partial charge < -0.3 is 25.6 Å². The SMILES string of the molecule is CN(C)CCOC(=O)N1CCC(Cn2cc(C(N)=O)c(NC3C#CC=C(F)C=C3)n2)CC1. The number of piperidine rings is 1. The minimum atomic E-state index is -0.607. The predicted octanol–water partition coefficient (Wildman–Crippen LogP) is 1.60. The zero-order valence-corrected chi connectivity index (χ0v) is 18.4. The Morgan fingerprint density at radius 3 is 2.81 bits per heavy atom. The molecule has 1 saturated heterocycles. The van der Waals surface area contributed by atoms with Gasteiger partial charge >= 0.3 is 6.09 Å². The molecule has 32 heavy (non-hydrogen) atoms. The number of hydrogen-bond acceptors (Lipinski definition) is 6. The molecule has 1 aromatic rings. The minimum absolute atomic E-state index is 0.250. The summed E-state index contributed by atoms with van der Waals surface area (Å²) >= 11 is 0. The number of nitrogens with zero attached hydrogens (tertiary/aromatic N) is 4. The topological polar surface area (TPSA) is 106 Å².